The summed E-state index contributed by atoms with van der Waals surface area (Å²) in [4.78, 5) is 2.34. The Hall–Kier alpha value is -2.85. The Morgan fingerprint density at radius 2 is 1.53 bits per heavy atom. The van der Waals surface area contributed by atoms with Crippen LogP contribution in [0.4, 0.5) is 4.39 Å². The van der Waals surface area contributed by atoms with Crippen molar-refractivity contribution in [2.24, 2.45) is 5.92 Å². The van der Waals surface area contributed by atoms with E-state index in [1.165, 1.54) is 5.56 Å². The van der Waals surface area contributed by atoms with Crippen molar-refractivity contribution in [3.8, 4) is 11.5 Å². The number of ether oxygens (including phenoxy) is 2. The van der Waals surface area contributed by atoms with Crippen LogP contribution < -0.4 is 9.47 Å². The Balaban J connectivity index is 1.34. The fraction of sp³-hybridized carbons (Fsp3) is 0.308. The van der Waals surface area contributed by atoms with E-state index in [0.717, 1.165) is 36.6 Å². The van der Waals surface area contributed by atoms with Crippen LogP contribution >= 0.6 is 0 Å². The van der Waals surface area contributed by atoms with Gasteiger partial charge in [-0.15, -0.1) is 0 Å². The van der Waals surface area contributed by atoms with Crippen molar-refractivity contribution in [2.45, 2.75) is 18.9 Å². The molecule has 0 spiro atoms. The van der Waals surface area contributed by atoms with Crippen LogP contribution in [0.5, 0.6) is 11.5 Å². The van der Waals surface area contributed by atoms with Gasteiger partial charge < -0.3 is 14.4 Å². The highest BCUT2D eigenvalue weighted by atomic mass is 19.1. The second-order valence-corrected chi connectivity index (χ2v) is 8.03. The van der Waals surface area contributed by atoms with Gasteiger partial charge in [-0.25, -0.2) is 4.39 Å². The summed E-state index contributed by atoms with van der Waals surface area (Å²) in [6.45, 7) is 3.21. The maximum atomic E-state index is 13.3. The van der Waals surface area contributed by atoms with Gasteiger partial charge >= 0.3 is 0 Å². The van der Waals surface area contributed by atoms with E-state index < -0.39 is 0 Å². The average molecular weight is 406 g/mol. The topological polar surface area (TPSA) is 21.7 Å². The van der Waals surface area contributed by atoms with Crippen molar-refractivity contribution in [3.05, 3.63) is 95.8 Å². The summed E-state index contributed by atoms with van der Waals surface area (Å²) < 4.78 is 25.3. The van der Waals surface area contributed by atoms with E-state index in [9.17, 15) is 4.39 Å². The fourth-order valence-electron chi connectivity index (χ4n) is 4.11. The molecule has 4 heteroatoms. The number of hydrogen-bond acceptors (Lipinski definition) is 3. The van der Waals surface area contributed by atoms with Crippen molar-refractivity contribution >= 4 is 0 Å². The van der Waals surface area contributed by atoms with Crippen molar-refractivity contribution < 1.29 is 13.9 Å². The highest BCUT2D eigenvalue weighted by Gasteiger charge is 2.29. The first-order chi connectivity index (χ1) is 14.7. The average Bonchev–Trinajstić information content (AvgIpc) is 2.78. The Kier molecular flexibility index (Phi) is 6.65. The molecule has 0 N–H and O–H groups in total. The van der Waals surface area contributed by atoms with E-state index in [0.29, 0.717) is 25.0 Å². The SMILES string of the molecule is CN1CCC(c2ccc(F)cc2)C(COc2ccc(OCc3ccccc3)cc2)C1. The molecule has 0 radical (unpaired) electrons. The summed E-state index contributed by atoms with van der Waals surface area (Å²) in [7, 11) is 2.15. The minimum Gasteiger partial charge on any atom is -0.493 e. The molecule has 1 aliphatic rings. The highest BCUT2D eigenvalue weighted by Crippen LogP contribution is 2.33. The van der Waals surface area contributed by atoms with Gasteiger partial charge in [-0.3, -0.25) is 0 Å². The largest absolute Gasteiger partial charge is 0.493 e. The third-order valence-electron chi connectivity index (χ3n) is 5.77. The van der Waals surface area contributed by atoms with Crippen molar-refractivity contribution in [3.63, 3.8) is 0 Å². The van der Waals surface area contributed by atoms with E-state index in [1.807, 2.05) is 54.6 Å². The molecule has 2 atom stereocenters. The number of hydrogen-bond donors (Lipinski definition) is 0. The number of benzene rings is 3. The second kappa shape index (κ2) is 9.77. The van der Waals surface area contributed by atoms with Crippen LogP contribution in [0.25, 0.3) is 0 Å². The molecule has 156 valence electrons. The van der Waals surface area contributed by atoms with E-state index in [4.69, 9.17) is 9.47 Å². The van der Waals surface area contributed by atoms with Crippen LogP contribution in [0.3, 0.4) is 0 Å². The first kappa shape index (κ1) is 20.4. The molecule has 3 nitrogen and oxygen atoms in total. The maximum absolute atomic E-state index is 13.3. The number of rotatable bonds is 7. The normalized spacial score (nSPS) is 19.4. The molecule has 0 aromatic heterocycles. The van der Waals surface area contributed by atoms with Gasteiger partial charge in [0.25, 0.3) is 0 Å². The molecule has 1 saturated heterocycles. The van der Waals surface area contributed by atoms with E-state index in [1.54, 1.807) is 12.1 Å². The van der Waals surface area contributed by atoms with Gasteiger partial charge in [0.05, 0.1) is 6.61 Å². The standard InChI is InChI=1S/C26H28FNO2/c1-28-16-15-26(21-7-9-23(27)10-8-21)22(17-28)19-30-25-13-11-24(12-14-25)29-18-20-5-3-2-4-6-20/h2-14,22,26H,15-19H2,1H3. The first-order valence-corrected chi connectivity index (χ1v) is 10.5. The molecule has 0 bridgehead atoms. The molecule has 3 aromatic carbocycles. The quantitative estimate of drug-likeness (QED) is 0.517. The fourth-order valence-corrected chi connectivity index (χ4v) is 4.11. The smallest absolute Gasteiger partial charge is 0.123 e. The first-order valence-electron chi connectivity index (χ1n) is 10.5. The lowest BCUT2D eigenvalue weighted by Gasteiger charge is -2.37. The van der Waals surface area contributed by atoms with Gasteiger partial charge in [0.1, 0.15) is 23.9 Å². The molecule has 3 aromatic rings. The van der Waals surface area contributed by atoms with Crippen LogP contribution in [0.2, 0.25) is 0 Å². The molecule has 0 aliphatic carbocycles. The van der Waals surface area contributed by atoms with Crippen LogP contribution in [0, 0.1) is 11.7 Å². The zero-order valence-electron chi connectivity index (χ0n) is 17.3. The van der Waals surface area contributed by atoms with Gasteiger partial charge in [0, 0.05) is 12.5 Å². The molecular formula is C26H28FNO2. The Morgan fingerprint density at radius 3 is 2.23 bits per heavy atom. The molecule has 1 heterocycles. The molecule has 1 aliphatic heterocycles. The lowest BCUT2D eigenvalue weighted by Crippen LogP contribution is -2.39. The van der Waals surface area contributed by atoms with Crippen LogP contribution in [-0.4, -0.2) is 31.6 Å². The Morgan fingerprint density at radius 1 is 0.867 bits per heavy atom. The molecule has 0 saturated carbocycles. The summed E-state index contributed by atoms with van der Waals surface area (Å²) in [5.74, 6) is 2.23. The molecular weight excluding hydrogens is 377 g/mol. The summed E-state index contributed by atoms with van der Waals surface area (Å²) >= 11 is 0. The van der Waals surface area contributed by atoms with Crippen LogP contribution in [0.15, 0.2) is 78.9 Å². The summed E-state index contributed by atoms with van der Waals surface area (Å²) in [6.07, 6.45) is 1.06. The second-order valence-electron chi connectivity index (χ2n) is 8.03. The van der Waals surface area contributed by atoms with Gasteiger partial charge in [0.15, 0.2) is 0 Å². The van der Waals surface area contributed by atoms with E-state index in [-0.39, 0.29) is 5.82 Å². The number of nitrogens with zero attached hydrogens (tertiary/aromatic N) is 1. The maximum Gasteiger partial charge on any atom is 0.123 e. The molecule has 1 fully saturated rings. The van der Waals surface area contributed by atoms with Gasteiger partial charge in [-0.05, 0) is 73.5 Å². The van der Waals surface area contributed by atoms with E-state index in [2.05, 4.69) is 24.1 Å². The molecule has 0 amide bonds. The highest BCUT2D eigenvalue weighted by molar-refractivity contribution is 5.31. The predicted molar refractivity (Wildman–Crippen MR) is 117 cm³/mol. The van der Waals surface area contributed by atoms with Crippen LogP contribution in [0.1, 0.15) is 23.5 Å². The van der Waals surface area contributed by atoms with Crippen molar-refractivity contribution in [1.82, 2.24) is 4.90 Å². The van der Waals surface area contributed by atoms with Crippen molar-refractivity contribution in [1.29, 1.82) is 0 Å². The Labute approximate surface area is 178 Å². The third kappa shape index (κ3) is 5.39. The van der Waals surface area contributed by atoms with Gasteiger partial charge in [-0.2, -0.15) is 0 Å². The van der Waals surface area contributed by atoms with Gasteiger partial charge in [-0.1, -0.05) is 42.5 Å². The number of halogens is 1. The summed E-state index contributed by atoms with van der Waals surface area (Å²) in [5.41, 5.74) is 2.34. The zero-order valence-corrected chi connectivity index (χ0v) is 17.3. The van der Waals surface area contributed by atoms with Gasteiger partial charge in [0.2, 0.25) is 0 Å². The monoisotopic (exact) mass is 405 g/mol. The lowest BCUT2D eigenvalue weighted by atomic mass is 9.81. The molecule has 30 heavy (non-hydrogen) atoms. The summed E-state index contributed by atoms with van der Waals surface area (Å²) in [5, 5.41) is 0. The molecule has 2 unspecified atom stereocenters. The van der Waals surface area contributed by atoms with E-state index >= 15 is 0 Å². The Bertz CT molecular complexity index is 912. The minimum atomic E-state index is -0.186. The van der Waals surface area contributed by atoms with Crippen LogP contribution in [-0.2, 0) is 6.61 Å². The lowest BCUT2D eigenvalue weighted by molar-refractivity contribution is 0.129. The minimum absolute atomic E-state index is 0.186. The predicted octanol–water partition coefficient (Wildman–Crippen LogP) is 5.52. The summed E-state index contributed by atoms with van der Waals surface area (Å²) in [6, 6.07) is 24.9. The zero-order chi connectivity index (χ0) is 20.8. The molecule has 4 rings (SSSR count). The number of likely N-dealkylation sites (tertiary alicyclic amines) is 1. The third-order valence-corrected chi connectivity index (χ3v) is 5.77. The number of piperidine rings is 1. The van der Waals surface area contributed by atoms with Crippen molar-refractivity contribution in [2.75, 3.05) is 26.7 Å².